The van der Waals surface area contributed by atoms with Crippen LogP contribution in [0.15, 0.2) is 48.5 Å². The second-order valence-corrected chi connectivity index (χ2v) is 6.56. The summed E-state index contributed by atoms with van der Waals surface area (Å²) in [6, 6.07) is 15.4. The molecule has 0 spiro atoms. The van der Waals surface area contributed by atoms with Crippen molar-refractivity contribution in [1.29, 1.82) is 0 Å². The van der Waals surface area contributed by atoms with Crippen LogP contribution in [0, 0.1) is 6.92 Å². The number of fused-ring (bicyclic) bond motifs is 1. The van der Waals surface area contributed by atoms with Crippen LogP contribution < -0.4 is 10.6 Å². The fourth-order valence-electron chi connectivity index (χ4n) is 3.10. The van der Waals surface area contributed by atoms with Gasteiger partial charge in [-0.15, -0.1) is 0 Å². The molecule has 2 amide bonds. The van der Waals surface area contributed by atoms with E-state index in [-0.39, 0.29) is 11.8 Å². The number of benzene rings is 2. The lowest BCUT2D eigenvalue weighted by atomic mass is 10.1. The predicted molar refractivity (Wildman–Crippen MR) is 107 cm³/mol. The number of carbonyl (C=O) groups is 2. The number of carbonyl (C=O) groups excluding carboxylic acids is 2. The summed E-state index contributed by atoms with van der Waals surface area (Å²) in [5.74, 6) is 0.873. The SMILES string of the molecule is CC(=O)Nc1ccc(CC(=O)NCCCn2c(C)nc3ccccc32)cc1. The van der Waals surface area contributed by atoms with Crippen molar-refractivity contribution in [2.45, 2.75) is 33.2 Å². The topological polar surface area (TPSA) is 76.0 Å². The summed E-state index contributed by atoms with van der Waals surface area (Å²) in [7, 11) is 0. The first-order valence-electron chi connectivity index (χ1n) is 9.08. The maximum absolute atomic E-state index is 12.1. The fourth-order valence-corrected chi connectivity index (χ4v) is 3.10. The van der Waals surface area contributed by atoms with E-state index in [1.807, 2.05) is 37.3 Å². The zero-order chi connectivity index (χ0) is 19.2. The first-order chi connectivity index (χ1) is 13.0. The Labute approximate surface area is 158 Å². The fraction of sp³-hybridized carbons (Fsp3) is 0.286. The average Bonchev–Trinajstić information content (AvgIpc) is 2.95. The number of hydrogen-bond donors (Lipinski definition) is 2. The molecule has 0 unspecified atom stereocenters. The number of nitrogens with one attached hydrogen (secondary N) is 2. The van der Waals surface area contributed by atoms with Crippen LogP contribution in [0.1, 0.15) is 24.7 Å². The smallest absolute Gasteiger partial charge is 0.224 e. The Kier molecular flexibility index (Phi) is 5.86. The largest absolute Gasteiger partial charge is 0.356 e. The van der Waals surface area contributed by atoms with Crippen LogP contribution in [-0.2, 0) is 22.6 Å². The van der Waals surface area contributed by atoms with Gasteiger partial charge < -0.3 is 15.2 Å². The Morgan fingerprint density at radius 1 is 1.07 bits per heavy atom. The average molecular weight is 364 g/mol. The van der Waals surface area contributed by atoms with Gasteiger partial charge in [0.1, 0.15) is 5.82 Å². The molecular weight excluding hydrogens is 340 g/mol. The van der Waals surface area contributed by atoms with Crippen molar-refractivity contribution in [1.82, 2.24) is 14.9 Å². The zero-order valence-corrected chi connectivity index (χ0v) is 15.7. The lowest BCUT2D eigenvalue weighted by Gasteiger charge is -2.09. The monoisotopic (exact) mass is 364 g/mol. The lowest BCUT2D eigenvalue weighted by molar-refractivity contribution is -0.120. The van der Waals surface area contributed by atoms with Gasteiger partial charge in [-0.2, -0.15) is 0 Å². The number of imidazole rings is 1. The molecule has 6 nitrogen and oxygen atoms in total. The molecule has 3 rings (SSSR count). The number of rotatable bonds is 7. The third-order valence-corrected chi connectivity index (χ3v) is 4.37. The molecule has 140 valence electrons. The predicted octanol–water partition coefficient (Wildman–Crippen LogP) is 3.05. The Morgan fingerprint density at radius 2 is 1.81 bits per heavy atom. The van der Waals surface area contributed by atoms with Gasteiger partial charge in [-0.05, 0) is 43.2 Å². The maximum Gasteiger partial charge on any atom is 0.224 e. The minimum atomic E-state index is -0.110. The second-order valence-electron chi connectivity index (χ2n) is 6.56. The molecule has 6 heteroatoms. The molecule has 0 radical (unpaired) electrons. The molecule has 0 aliphatic rings. The minimum Gasteiger partial charge on any atom is -0.356 e. The first-order valence-corrected chi connectivity index (χ1v) is 9.08. The third kappa shape index (κ3) is 4.94. The van der Waals surface area contributed by atoms with Gasteiger partial charge in [-0.1, -0.05) is 24.3 Å². The molecule has 0 bridgehead atoms. The van der Waals surface area contributed by atoms with E-state index >= 15 is 0 Å². The van der Waals surface area contributed by atoms with E-state index in [2.05, 4.69) is 26.3 Å². The molecule has 0 aliphatic heterocycles. The molecule has 1 aromatic heterocycles. The lowest BCUT2D eigenvalue weighted by Crippen LogP contribution is -2.26. The molecule has 1 heterocycles. The summed E-state index contributed by atoms with van der Waals surface area (Å²) >= 11 is 0. The van der Waals surface area contributed by atoms with E-state index in [9.17, 15) is 9.59 Å². The van der Waals surface area contributed by atoms with Crippen LogP contribution in [0.5, 0.6) is 0 Å². The molecule has 0 saturated heterocycles. The molecule has 2 N–H and O–H groups in total. The van der Waals surface area contributed by atoms with E-state index in [0.717, 1.165) is 41.1 Å². The van der Waals surface area contributed by atoms with E-state index in [1.54, 1.807) is 12.1 Å². The Bertz CT molecular complexity index is 944. The van der Waals surface area contributed by atoms with Gasteiger partial charge >= 0.3 is 0 Å². The number of hydrogen-bond acceptors (Lipinski definition) is 3. The highest BCUT2D eigenvalue weighted by molar-refractivity contribution is 5.88. The number of para-hydroxylation sites is 2. The summed E-state index contributed by atoms with van der Waals surface area (Å²) in [5, 5.41) is 5.68. The van der Waals surface area contributed by atoms with E-state index in [0.29, 0.717) is 13.0 Å². The quantitative estimate of drug-likeness (QED) is 0.633. The van der Waals surface area contributed by atoms with Crippen LogP contribution in [-0.4, -0.2) is 27.9 Å². The van der Waals surface area contributed by atoms with Crippen molar-refractivity contribution < 1.29 is 9.59 Å². The van der Waals surface area contributed by atoms with Crippen LogP contribution >= 0.6 is 0 Å². The van der Waals surface area contributed by atoms with Gasteiger partial charge in [0, 0.05) is 25.7 Å². The summed E-state index contributed by atoms with van der Waals surface area (Å²) in [4.78, 5) is 27.7. The third-order valence-electron chi connectivity index (χ3n) is 4.37. The van der Waals surface area contributed by atoms with Crippen molar-refractivity contribution in [3.05, 3.63) is 59.9 Å². The number of amides is 2. The van der Waals surface area contributed by atoms with Gasteiger partial charge in [0.15, 0.2) is 0 Å². The first kappa shape index (κ1) is 18.6. The van der Waals surface area contributed by atoms with Crippen LogP contribution in [0.2, 0.25) is 0 Å². The highest BCUT2D eigenvalue weighted by Crippen LogP contribution is 2.15. The van der Waals surface area contributed by atoms with E-state index in [4.69, 9.17) is 0 Å². The number of aryl methyl sites for hydroxylation is 2. The van der Waals surface area contributed by atoms with Crippen molar-refractivity contribution in [3.63, 3.8) is 0 Å². The highest BCUT2D eigenvalue weighted by atomic mass is 16.2. The summed E-state index contributed by atoms with van der Waals surface area (Å²) in [5.41, 5.74) is 3.77. The van der Waals surface area contributed by atoms with Gasteiger partial charge in [0.25, 0.3) is 0 Å². The Hall–Kier alpha value is -3.15. The highest BCUT2D eigenvalue weighted by Gasteiger charge is 2.07. The molecule has 2 aromatic carbocycles. The maximum atomic E-state index is 12.1. The standard InChI is InChI=1S/C21H24N4O2/c1-15-23-19-6-3-4-7-20(19)25(15)13-5-12-22-21(27)14-17-8-10-18(11-9-17)24-16(2)26/h3-4,6-11H,5,12-14H2,1-2H3,(H,22,27)(H,24,26). The Balaban J connectivity index is 1.45. The number of anilines is 1. The van der Waals surface area contributed by atoms with Crippen LogP contribution in [0.25, 0.3) is 11.0 Å². The number of nitrogens with zero attached hydrogens (tertiary/aromatic N) is 2. The van der Waals surface area contributed by atoms with Crippen LogP contribution in [0.4, 0.5) is 5.69 Å². The molecule has 0 saturated carbocycles. The van der Waals surface area contributed by atoms with Gasteiger partial charge in [-0.25, -0.2) is 4.98 Å². The summed E-state index contributed by atoms with van der Waals surface area (Å²) in [6.45, 7) is 4.91. The molecule has 0 atom stereocenters. The molecule has 3 aromatic rings. The van der Waals surface area contributed by atoms with Crippen molar-refractivity contribution in [2.75, 3.05) is 11.9 Å². The summed E-state index contributed by atoms with van der Waals surface area (Å²) < 4.78 is 2.18. The van der Waals surface area contributed by atoms with E-state index in [1.165, 1.54) is 6.92 Å². The van der Waals surface area contributed by atoms with Crippen molar-refractivity contribution in [2.24, 2.45) is 0 Å². The van der Waals surface area contributed by atoms with Crippen molar-refractivity contribution in [3.8, 4) is 0 Å². The summed E-state index contributed by atoms with van der Waals surface area (Å²) in [6.07, 6.45) is 1.17. The molecule has 0 fully saturated rings. The normalized spacial score (nSPS) is 10.7. The van der Waals surface area contributed by atoms with Crippen molar-refractivity contribution >= 4 is 28.5 Å². The minimum absolute atomic E-state index is 0.00510. The number of aromatic nitrogens is 2. The Morgan fingerprint density at radius 3 is 2.56 bits per heavy atom. The van der Waals surface area contributed by atoms with Crippen LogP contribution in [0.3, 0.4) is 0 Å². The zero-order valence-electron chi connectivity index (χ0n) is 15.7. The second kappa shape index (κ2) is 8.49. The molecular formula is C21H24N4O2. The van der Waals surface area contributed by atoms with Gasteiger partial charge in [-0.3, -0.25) is 9.59 Å². The van der Waals surface area contributed by atoms with E-state index < -0.39 is 0 Å². The molecule has 27 heavy (non-hydrogen) atoms. The molecule has 0 aliphatic carbocycles. The van der Waals surface area contributed by atoms with Gasteiger partial charge in [0.2, 0.25) is 11.8 Å². The van der Waals surface area contributed by atoms with Gasteiger partial charge in [0.05, 0.1) is 17.5 Å².